The molecular weight excluding hydrogens is 320 g/mol. The minimum Gasteiger partial charge on any atom is -0.341 e. The quantitative estimate of drug-likeness (QED) is 0.821. The maximum Gasteiger partial charge on any atom is 0.225 e. The summed E-state index contributed by atoms with van der Waals surface area (Å²) in [4.78, 5) is 10.4. The molecule has 0 atom stereocenters. The highest BCUT2D eigenvalue weighted by atomic mass is 79.9. The Morgan fingerprint density at radius 2 is 1.94 bits per heavy atom. The highest BCUT2D eigenvalue weighted by molar-refractivity contribution is 9.10. The van der Waals surface area contributed by atoms with Crippen molar-refractivity contribution < 1.29 is 8.42 Å². The Hall–Kier alpha value is -0.730. The van der Waals surface area contributed by atoms with Crippen molar-refractivity contribution in [3.05, 3.63) is 18.5 Å². The van der Waals surface area contributed by atoms with Gasteiger partial charge in [0.2, 0.25) is 16.0 Å². The summed E-state index contributed by atoms with van der Waals surface area (Å²) in [5.41, 5.74) is 0. The molecular formula is C10H15BrN4O2S. The van der Waals surface area contributed by atoms with Gasteiger partial charge in [-0.3, -0.25) is 0 Å². The Labute approximate surface area is 115 Å². The molecule has 0 bridgehead atoms. The van der Waals surface area contributed by atoms with Gasteiger partial charge >= 0.3 is 0 Å². The van der Waals surface area contributed by atoms with E-state index in [0.717, 1.165) is 25.9 Å². The van der Waals surface area contributed by atoms with Crippen LogP contribution in [0.15, 0.2) is 18.5 Å². The first-order chi connectivity index (χ1) is 8.61. The van der Waals surface area contributed by atoms with Crippen LogP contribution in [-0.4, -0.2) is 42.2 Å². The third-order valence-corrected chi connectivity index (χ3v) is 5.61. The molecule has 0 aromatic carbocycles. The maximum atomic E-state index is 11.4. The Morgan fingerprint density at radius 3 is 2.50 bits per heavy atom. The fraction of sp³-hybridized carbons (Fsp3) is 0.600. The van der Waals surface area contributed by atoms with E-state index in [4.69, 9.17) is 0 Å². The van der Waals surface area contributed by atoms with Crippen molar-refractivity contribution in [1.82, 2.24) is 14.7 Å². The van der Waals surface area contributed by atoms with Crippen LogP contribution >= 0.6 is 15.9 Å². The van der Waals surface area contributed by atoms with E-state index in [1.165, 1.54) is 0 Å². The third-order valence-electron chi connectivity index (χ3n) is 2.82. The molecule has 0 aliphatic carbocycles. The van der Waals surface area contributed by atoms with Crippen LogP contribution in [0.4, 0.5) is 5.95 Å². The van der Waals surface area contributed by atoms with Crippen molar-refractivity contribution in [3.8, 4) is 0 Å². The molecule has 0 saturated carbocycles. The number of halogens is 1. The second-order valence-corrected chi connectivity index (χ2v) is 7.21. The minimum atomic E-state index is -3.18. The number of piperidine rings is 1. The second kappa shape index (κ2) is 5.94. The Bertz CT molecular complexity index is 474. The van der Waals surface area contributed by atoms with Crippen molar-refractivity contribution in [3.63, 3.8) is 0 Å². The molecule has 1 aliphatic heterocycles. The van der Waals surface area contributed by atoms with Gasteiger partial charge in [0.05, 0.1) is 0 Å². The molecule has 18 heavy (non-hydrogen) atoms. The Kier molecular flexibility index (Phi) is 4.52. The van der Waals surface area contributed by atoms with Crippen molar-refractivity contribution >= 4 is 31.9 Å². The molecule has 2 heterocycles. The fourth-order valence-electron chi connectivity index (χ4n) is 1.94. The van der Waals surface area contributed by atoms with Crippen molar-refractivity contribution in [1.29, 1.82) is 0 Å². The van der Waals surface area contributed by atoms with Crippen molar-refractivity contribution in [2.24, 2.45) is 0 Å². The molecule has 0 amide bonds. The minimum absolute atomic E-state index is 0.00696. The smallest absolute Gasteiger partial charge is 0.225 e. The summed E-state index contributed by atoms with van der Waals surface area (Å²) < 4.78 is 25.5. The third kappa shape index (κ3) is 3.63. The largest absolute Gasteiger partial charge is 0.341 e. The lowest BCUT2D eigenvalue weighted by Crippen LogP contribution is -2.45. The number of sulfonamides is 1. The van der Waals surface area contributed by atoms with Crippen LogP contribution in [-0.2, 0) is 10.0 Å². The molecule has 0 radical (unpaired) electrons. The van der Waals surface area contributed by atoms with Gasteiger partial charge in [-0.15, -0.1) is 0 Å². The molecule has 6 nitrogen and oxygen atoms in total. The highest BCUT2D eigenvalue weighted by Gasteiger charge is 2.23. The van der Waals surface area contributed by atoms with Gasteiger partial charge in [0.1, 0.15) is 4.66 Å². The molecule has 1 aromatic heterocycles. The molecule has 1 N–H and O–H groups in total. The molecule has 2 rings (SSSR count). The summed E-state index contributed by atoms with van der Waals surface area (Å²) in [7, 11) is -3.18. The zero-order valence-corrected chi connectivity index (χ0v) is 12.2. The van der Waals surface area contributed by atoms with Crippen molar-refractivity contribution in [2.75, 3.05) is 22.7 Å². The van der Waals surface area contributed by atoms with E-state index in [0.29, 0.717) is 5.95 Å². The van der Waals surface area contributed by atoms with Gasteiger partial charge in [-0.1, -0.05) is 15.9 Å². The van der Waals surface area contributed by atoms with E-state index >= 15 is 0 Å². The lowest BCUT2D eigenvalue weighted by molar-refractivity contribution is 0.457. The number of hydrogen-bond acceptors (Lipinski definition) is 5. The number of nitrogens with one attached hydrogen (secondary N) is 1. The van der Waals surface area contributed by atoms with E-state index in [1.54, 1.807) is 18.5 Å². The molecule has 1 saturated heterocycles. The van der Waals surface area contributed by atoms with Gasteiger partial charge in [0.25, 0.3) is 0 Å². The van der Waals surface area contributed by atoms with E-state index in [1.807, 2.05) is 0 Å². The number of alkyl halides is 1. The number of nitrogens with zero attached hydrogens (tertiary/aromatic N) is 3. The molecule has 0 spiro atoms. The van der Waals surface area contributed by atoms with Crippen LogP contribution in [0.25, 0.3) is 0 Å². The lowest BCUT2D eigenvalue weighted by Gasteiger charge is -2.31. The predicted molar refractivity (Wildman–Crippen MR) is 73.1 cm³/mol. The SMILES string of the molecule is O=S(=O)(CBr)NC1CCN(c2ncccn2)CC1. The van der Waals surface area contributed by atoms with E-state index in [-0.39, 0.29) is 10.7 Å². The fourth-order valence-corrected chi connectivity index (χ4v) is 3.14. The van der Waals surface area contributed by atoms with Crippen LogP contribution in [0, 0.1) is 0 Å². The van der Waals surface area contributed by atoms with E-state index in [9.17, 15) is 8.42 Å². The van der Waals surface area contributed by atoms with Gasteiger partial charge in [-0.25, -0.2) is 23.1 Å². The summed E-state index contributed by atoms with van der Waals surface area (Å²) in [6, 6.07) is 1.79. The number of rotatable bonds is 4. The standard InChI is InChI=1S/C10H15BrN4O2S/c11-8-18(16,17)14-9-2-6-15(7-3-9)10-12-4-1-5-13-10/h1,4-5,9,14H,2-3,6-8H2. The van der Waals surface area contributed by atoms with Gasteiger partial charge in [-0.2, -0.15) is 0 Å². The maximum absolute atomic E-state index is 11.4. The summed E-state index contributed by atoms with van der Waals surface area (Å²) in [6.45, 7) is 1.53. The first-order valence-corrected chi connectivity index (χ1v) is 8.46. The topological polar surface area (TPSA) is 75.2 Å². The molecule has 100 valence electrons. The first-order valence-electron chi connectivity index (χ1n) is 5.68. The summed E-state index contributed by atoms with van der Waals surface area (Å²) in [6.07, 6.45) is 4.96. The van der Waals surface area contributed by atoms with Gasteiger partial charge in [-0.05, 0) is 18.9 Å². The summed E-state index contributed by atoms with van der Waals surface area (Å²) in [5.74, 6) is 0.708. The van der Waals surface area contributed by atoms with Crippen LogP contribution in [0.3, 0.4) is 0 Å². The molecule has 8 heteroatoms. The van der Waals surface area contributed by atoms with Gasteiger partial charge in [0, 0.05) is 31.5 Å². The number of anilines is 1. The van der Waals surface area contributed by atoms with Crippen LogP contribution in [0.5, 0.6) is 0 Å². The van der Waals surface area contributed by atoms with Crippen LogP contribution < -0.4 is 9.62 Å². The zero-order chi connectivity index (χ0) is 13.0. The normalized spacial score (nSPS) is 17.9. The molecule has 1 fully saturated rings. The molecule has 1 aromatic rings. The summed E-state index contributed by atoms with van der Waals surface area (Å²) in [5, 5.41) is 0. The summed E-state index contributed by atoms with van der Waals surface area (Å²) >= 11 is 2.97. The van der Waals surface area contributed by atoms with Gasteiger partial charge < -0.3 is 4.90 Å². The Balaban J connectivity index is 1.89. The predicted octanol–water partition coefficient (Wildman–Crippen LogP) is 0.717. The number of aromatic nitrogens is 2. The van der Waals surface area contributed by atoms with Gasteiger partial charge in [0.15, 0.2) is 0 Å². The lowest BCUT2D eigenvalue weighted by atomic mass is 10.1. The van der Waals surface area contributed by atoms with E-state index in [2.05, 4.69) is 35.5 Å². The molecule has 0 unspecified atom stereocenters. The second-order valence-electron chi connectivity index (χ2n) is 4.15. The Morgan fingerprint density at radius 1 is 1.33 bits per heavy atom. The van der Waals surface area contributed by atoms with E-state index < -0.39 is 10.0 Å². The highest BCUT2D eigenvalue weighted by Crippen LogP contribution is 2.16. The zero-order valence-electron chi connectivity index (χ0n) is 9.79. The average molecular weight is 335 g/mol. The molecule has 1 aliphatic rings. The van der Waals surface area contributed by atoms with Crippen LogP contribution in [0.2, 0.25) is 0 Å². The average Bonchev–Trinajstić information content (AvgIpc) is 2.40. The monoisotopic (exact) mass is 334 g/mol. The number of hydrogen-bond donors (Lipinski definition) is 1. The van der Waals surface area contributed by atoms with Crippen molar-refractivity contribution in [2.45, 2.75) is 18.9 Å². The van der Waals surface area contributed by atoms with Crippen LogP contribution in [0.1, 0.15) is 12.8 Å². The first kappa shape index (κ1) is 13.7.